The summed E-state index contributed by atoms with van der Waals surface area (Å²) in [4.78, 5) is 0. The number of hydrogen-bond donors (Lipinski definition) is 2. The number of benzene rings is 2. The molecule has 0 bridgehead atoms. The number of hydrogen-bond acceptors (Lipinski definition) is 4. The van der Waals surface area contributed by atoms with Crippen LogP contribution in [0, 0.1) is 0 Å². The predicted octanol–water partition coefficient (Wildman–Crippen LogP) is 1.84. The first-order valence-corrected chi connectivity index (χ1v) is 6.28. The fraction of sp³-hybridized carbons (Fsp3) is 0.143. The second kappa shape index (κ2) is 6.72. The molecule has 2 aromatic rings. The molecule has 0 radical (unpaired) electrons. The quantitative estimate of drug-likeness (QED) is 0.827. The largest absolute Gasteiger partial charge is 0.573 e. The van der Waals surface area contributed by atoms with Crippen LogP contribution in [0.5, 0.6) is 11.5 Å². The van der Waals surface area contributed by atoms with Gasteiger partial charge in [-0.1, -0.05) is 24.3 Å². The van der Waals surface area contributed by atoms with E-state index in [-0.39, 0.29) is 12.4 Å². The van der Waals surface area contributed by atoms with Gasteiger partial charge < -0.3 is 19.5 Å². The zero-order chi connectivity index (χ0) is 16.2. The Morgan fingerprint density at radius 2 is 1.50 bits per heavy atom. The monoisotopic (exact) mass is 312 g/mol. The zero-order valence-corrected chi connectivity index (χ0v) is 11.2. The highest BCUT2D eigenvalue weighted by Crippen LogP contribution is 2.24. The van der Waals surface area contributed by atoms with Gasteiger partial charge in [-0.2, -0.15) is 0 Å². The fourth-order valence-electron chi connectivity index (χ4n) is 1.82. The molecule has 116 valence electrons. The van der Waals surface area contributed by atoms with Crippen LogP contribution in [0.1, 0.15) is 5.56 Å². The molecule has 2 aromatic carbocycles. The van der Waals surface area contributed by atoms with E-state index in [0.717, 1.165) is 12.1 Å². The summed E-state index contributed by atoms with van der Waals surface area (Å²) in [5.74, 6) is -0.0113. The number of alkyl halides is 3. The van der Waals surface area contributed by atoms with Crippen LogP contribution in [-0.2, 0) is 6.61 Å². The third-order valence-electron chi connectivity index (χ3n) is 2.78. The molecule has 4 nitrogen and oxygen atoms in total. The molecule has 22 heavy (non-hydrogen) atoms. The van der Waals surface area contributed by atoms with Gasteiger partial charge in [-0.3, -0.25) is 0 Å². The van der Waals surface area contributed by atoms with Crippen molar-refractivity contribution in [2.24, 2.45) is 0 Å². The number of rotatable bonds is 5. The third kappa shape index (κ3) is 4.68. The van der Waals surface area contributed by atoms with Crippen LogP contribution in [-0.4, -0.2) is 23.5 Å². The van der Waals surface area contributed by atoms with Crippen LogP contribution in [0.2, 0.25) is 0 Å². The van der Waals surface area contributed by atoms with E-state index >= 15 is 0 Å². The summed E-state index contributed by atoms with van der Waals surface area (Å²) in [5, 5.41) is 18.4. The topological polar surface area (TPSA) is 58.9 Å². The van der Waals surface area contributed by atoms with Crippen LogP contribution in [0.25, 0.3) is 0 Å². The van der Waals surface area contributed by atoms with Gasteiger partial charge in [0.05, 0.1) is 0 Å². The average Bonchev–Trinajstić information content (AvgIpc) is 2.45. The summed E-state index contributed by atoms with van der Waals surface area (Å²) in [6, 6.07) is 11.5. The fourth-order valence-corrected chi connectivity index (χ4v) is 1.82. The minimum atomic E-state index is -4.74. The molecule has 0 aromatic heterocycles. The molecule has 0 aliphatic heterocycles. The van der Waals surface area contributed by atoms with E-state index in [1.807, 2.05) is 0 Å². The van der Waals surface area contributed by atoms with Crippen molar-refractivity contribution in [3.63, 3.8) is 0 Å². The Morgan fingerprint density at radius 1 is 0.909 bits per heavy atom. The van der Waals surface area contributed by atoms with Crippen LogP contribution >= 0.6 is 0 Å². The minimum Gasteiger partial charge on any atom is -0.489 e. The van der Waals surface area contributed by atoms with Crippen LogP contribution in [0.15, 0.2) is 48.5 Å². The first-order chi connectivity index (χ1) is 10.3. The van der Waals surface area contributed by atoms with Gasteiger partial charge in [-0.25, -0.2) is 0 Å². The Hall–Kier alpha value is -2.19. The van der Waals surface area contributed by atoms with Gasteiger partial charge in [0.25, 0.3) is 0 Å². The summed E-state index contributed by atoms with van der Waals surface area (Å²) >= 11 is 0. The second-order valence-electron chi connectivity index (χ2n) is 4.38. The molecule has 0 fully saturated rings. The van der Waals surface area contributed by atoms with Crippen LogP contribution in [0.4, 0.5) is 13.2 Å². The van der Waals surface area contributed by atoms with Crippen molar-refractivity contribution in [3.8, 4) is 11.5 Å². The van der Waals surface area contributed by atoms with E-state index in [1.165, 1.54) is 12.1 Å². The van der Waals surface area contributed by atoms with Crippen LogP contribution < -0.4 is 14.9 Å². The Balaban J connectivity index is 2.01. The van der Waals surface area contributed by atoms with Crippen molar-refractivity contribution >= 4 is 12.6 Å². The maximum absolute atomic E-state index is 12.0. The molecule has 2 N–H and O–H groups in total. The normalized spacial score (nSPS) is 11.1. The van der Waals surface area contributed by atoms with Gasteiger partial charge in [-0.05, 0) is 35.3 Å². The second-order valence-corrected chi connectivity index (χ2v) is 4.38. The van der Waals surface area contributed by atoms with E-state index in [0.29, 0.717) is 16.8 Å². The average molecular weight is 312 g/mol. The molecule has 2 rings (SSSR count). The van der Waals surface area contributed by atoms with Crippen molar-refractivity contribution in [2.75, 3.05) is 0 Å². The van der Waals surface area contributed by atoms with Crippen molar-refractivity contribution in [1.82, 2.24) is 0 Å². The van der Waals surface area contributed by atoms with Crippen molar-refractivity contribution < 1.29 is 32.7 Å². The first-order valence-electron chi connectivity index (χ1n) is 6.28. The highest BCUT2D eigenvalue weighted by atomic mass is 19.4. The smallest absolute Gasteiger partial charge is 0.489 e. The van der Waals surface area contributed by atoms with E-state index < -0.39 is 13.5 Å². The Bertz CT molecular complexity index is 614. The molecular weight excluding hydrogens is 300 g/mol. The van der Waals surface area contributed by atoms with Crippen molar-refractivity contribution in [2.45, 2.75) is 13.0 Å². The number of halogens is 3. The lowest BCUT2D eigenvalue weighted by molar-refractivity contribution is -0.274. The molecule has 0 amide bonds. The Morgan fingerprint density at radius 3 is 2.09 bits per heavy atom. The van der Waals surface area contributed by atoms with Crippen molar-refractivity contribution in [1.29, 1.82) is 0 Å². The molecule has 0 atom stereocenters. The zero-order valence-electron chi connectivity index (χ0n) is 11.2. The summed E-state index contributed by atoms with van der Waals surface area (Å²) in [7, 11) is -1.62. The minimum absolute atomic E-state index is 0.0489. The Kier molecular flexibility index (Phi) is 4.94. The summed E-state index contributed by atoms with van der Waals surface area (Å²) in [6.07, 6.45) is -4.74. The molecule has 0 spiro atoms. The highest BCUT2D eigenvalue weighted by Gasteiger charge is 2.30. The summed E-state index contributed by atoms with van der Waals surface area (Å²) < 4.78 is 45.2. The SMILES string of the molecule is OB(O)c1ccccc1COc1ccc(OC(F)(F)F)cc1. The summed E-state index contributed by atoms with van der Waals surface area (Å²) in [5.41, 5.74) is 0.868. The van der Waals surface area contributed by atoms with E-state index in [1.54, 1.807) is 24.3 Å². The van der Waals surface area contributed by atoms with Gasteiger partial charge in [0.1, 0.15) is 18.1 Å². The van der Waals surface area contributed by atoms with Gasteiger partial charge >= 0.3 is 13.5 Å². The van der Waals surface area contributed by atoms with E-state index in [9.17, 15) is 23.2 Å². The van der Waals surface area contributed by atoms with Gasteiger partial charge in [-0.15, -0.1) is 13.2 Å². The maximum atomic E-state index is 12.0. The lowest BCUT2D eigenvalue weighted by Gasteiger charge is -2.12. The highest BCUT2D eigenvalue weighted by molar-refractivity contribution is 6.59. The summed E-state index contributed by atoms with van der Waals surface area (Å²) in [6.45, 7) is 0.0489. The maximum Gasteiger partial charge on any atom is 0.573 e. The molecule has 0 saturated carbocycles. The van der Waals surface area contributed by atoms with Crippen LogP contribution in [0.3, 0.4) is 0 Å². The predicted molar refractivity (Wildman–Crippen MR) is 73.7 cm³/mol. The molecule has 8 heteroatoms. The molecule has 0 unspecified atom stereocenters. The molecule has 0 aliphatic rings. The van der Waals surface area contributed by atoms with Crippen molar-refractivity contribution in [3.05, 3.63) is 54.1 Å². The number of ether oxygens (including phenoxy) is 2. The molecular formula is C14H12BF3O4. The van der Waals surface area contributed by atoms with E-state index in [2.05, 4.69) is 4.74 Å². The lowest BCUT2D eigenvalue weighted by atomic mass is 9.77. The Labute approximate surface area is 124 Å². The molecule has 0 saturated heterocycles. The standard InChI is InChI=1S/C14H12BF3O4/c16-14(17,18)22-12-7-5-11(6-8-12)21-9-10-3-1-2-4-13(10)15(19)20/h1-8,19-20H,9H2. The first kappa shape index (κ1) is 16.2. The van der Waals surface area contributed by atoms with Gasteiger partial charge in [0.2, 0.25) is 0 Å². The van der Waals surface area contributed by atoms with Gasteiger partial charge in [0, 0.05) is 0 Å². The molecule has 0 heterocycles. The third-order valence-corrected chi connectivity index (χ3v) is 2.78. The molecule has 0 aliphatic carbocycles. The van der Waals surface area contributed by atoms with E-state index in [4.69, 9.17) is 4.74 Å². The lowest BCUT2D eigenvalue weighted by Crippen LogP contribution is -2.33. The van der Waals surface area contributed by atoms with Gasteiger partial charge in [0.15, 0.2) is 0 Å².